The van der Waals surface area contributed by atoms with Crippen LogP contribution >= 0.6 is 0 Å². The Balaban J connectivity index is 1.31. The summed E-state index contributed by atoms with van der Waals surface area (Å²) in [5, 5.41) is 0. The van der Waals surface area contributed by atoms with Gasteiger partial charge in [0.2, 0.25) is 0 Å². The van der Waals surface area contributed by atoms with Crippen LogP contribution in [0.25, 0.3) is 11.1 Å². The minimum absolute atomic E-state index is 0.0453. The first-order valence-electron chi connectivity index (χ1n) is 11.6. The van der Waals surface area contributed by atoms with E-state index in [1.807, 2.05) is 12.1 Å². The Hall–Kier alpha value is -2.26. The molecule has 0 unspecified atom stereocenters. The van der Waals surface area contributed by atoms with Gasteiger partial charge in [0.1, 0.15) is 0 Å². The molecule has 31 heavy (non-hydrogen) atoms. The van der Waals surface area contributed by atoms with Gasteiger partial charge in [-0.25, -0.2) is 8.78 Å². The number of benzene rings is 3. The average molecular weight is 434 g/mol. The highest BCUT2D eigenvalue weighted by atomic mass is 28.3. The molecule has 1 saturated heterocycles. The molecule has 1 aliphatic heterocycles. The Morgan fingerprint density at radius 3 is 1.90 bits per heavy atom. The van der Waals surface area contributed by atoms with E-state index in [0.717, 1.165) is 24.3 Å². The molecule has 0 atom stereocenters. The van der Waals surface area contributed by atoms with Crippen molar-refractivity contribution < 1.29 is 8.78 Å². The summed E-state index contributed by atoms with van der Waals surface area (Å²) in [4.78, 5) is 0. The highest BCUT2D eigenvalue weighted by molar-refractivity contribution is 6.59. The zero-order chi connectivity index (χ0) is 21.6. The van der Waals surface area contributed by atoms with Gasteiger partial charge in [-0.3, -0.25) is 0 Å². The van der Waals surface area contributed by atoms with Crippen LogP contribution in [0.15, 0.2) is 66.7 Å². The maximum Gasteiger partial charge on any atom is 0.159 e. The van der Waals surface area contributed by atoms with E-state index >= 15 is 0 Å². The lowest BCUT2D eigenvalue weighted by atomic mass is 9.92. The second-order valence-corrected chi connectivity index (χ2v) is 11.8. The molecule has 0 saturated carbocycles. The second-order valence-electron chi connectivity index (χ2n) is 8.84. The number of hydrogen-bond acceptors (Lipinski definition) is 0. The number of halogens is 2. The minimum Gasteiger partial charge on any atom is -0.204 e. The summed E-state index contributed by atoms with van der Waals surface area (Å²) in [6, 6.07) is 26.0. The van der Waals surface area contributed by atoms with Gasteiger partial charge in [-0.05, 0) is 71.6 Å². The first kappa shape index (κ1) is 21.9. The first-order valence-corrected chi connectivity index (χ1v) is 13.7. The molecule has 1 radical (unpaired) electrons. The number of hydrogen-bond donors (Lipinski definition) is 0. The molecule has 3 aromatic rings. The summed E-state index contributed by atoms with van der Waals surface area (Å²) < 4.78 is 26.6. The third-order valence-electron chi connectivity index (χ3n) is 6.66. The highest BCUT2D eigenvalue weighted by Crippen LogP contribution is 2.35. The molecular weight excluding hydrogens is 402 g/mol. The summed E-state index contributed by atoms with van der Waals surface area (Å²) in [5.74, 6) is -0.846. The lowest BCUT2D eigenvalue weighted by Crippen LogP contribution is -2.20. The quantitative estimate of drug-likeness (QED) is 0.329. The molecule has 3 heteroatoms. The van der Waals surface area contributed by atoms with Gasteiger partial charge in [-0.2, -0.15) is 0 Å². The molecule has 0 aromatic heterocycles. The second kappa shape index (κ2) is 10.4. The van der Waals surface area contributed by atoms with Crippen molar-refractivity contribution in [3.05, 3.63) is 95.1 Å². The third kappa shape index (κ3) is 5.71. The summed E-state index contributed by atoms with van der Waals surface area (Å²) in [6.45, 7) is 2.32. The van der Waals surface area contributed by atoms with E-state index in [9.17, 15) is 8.78 Å². The zero-order valence-electron chi connectivity index (χ0n) is 18.3. The Bertz CT molecular complexity index is 971. The van der Waals surface area contributed by atoms with Crippen LogP contribution < -0.4 is 0 Å². The molecule has 0 nitrogen and oxygen atoms in total. The molecule has 1 aliphatic rings. The molecule has 161 valence electrons. The molecule has 4 rings (SSSR count). The number of aryl methyl sites for hydroxylation is 2. The normalized spacial score (nSPS) is 15.3. The van der Waals surface area contributed by atoms with E-state index in [1.54, 1.807) is 6.07 Å². The lowest BCUT2D eigenvalue weighted by Gasteiger charge is -2.27. The van der Waals surface area contributed by atoms with Crippen LogP contribution in [-0.4, -0.2) is 8.80 Å². The fourth-order valence-corrected chi connectivity index (χ4v) is 7.72. The summed E-state index contributed by atoms with van der Waals surface area (Å²) in [5.41, 5.74) is 5.76. The third-order valence-corrected chi connectivity index (χ3v) is 9.86. The topological polar surface area (TPSA) is 0 Å². The van der Waals surface area contributed by atoms with Gasteiger partial charge in [-0.1, -0.05) is 86.1 Å². The molecule has 0 spiro atoms. The van der Waals surface area contributed by atoms with Crippen molar-refractivity contribution in [2.45, 2.75) is 63.1 Å². The Labute approximate surface area is 186 Å². The van der Waals surface area contributed by atoms with E-state index in [-0.39, 0.29) is 8.80 Å². The Morgan fingerprint density at radius 1 is 0.742 bits per heavy atom. The van der Waals surface area contributed by atoms with E-state index in [1.165, 1.54) is 66.2 Å². The van der Waals surface area contributed by atoms with Crippen molar-refractivity contribution in [2.24, 2.45) is 0 Å². The van der Waals surface area contributed by atoms with Crippen molar-refractivity contribution in [1.82, 2.24) is 0 Å². The van der Waals surface area contributed by atoms with Crippen molar-refractivity contribution in [2.75, 3.05) is 0 Å². The van der Waals surface area contributed by atoms with Crippen LogP contribution in [0.1, 0.15) is 48.8 Å². The van der Waals surface area contributed by atoms with Gasteiger partial charge in [-0.15, -0.1) is 0 Å². The maximum absolute atomic E-state index is 13.5. The van der Waals surface area contributed by atoms with Crippen LogP contribution in [0.2, 0.25) is 18.1 Å². The summed E-state index contributed by atoms with van der Waals surface area (Å²) >= 11 is 0. The molecule has 0 amide bonds. The van der Waals surface area contributed by atoms with E-state index in [4.69, 9.17) is 0 Å². The van der Waals surface area contributed by atoms with Crippen LogP contribution in [0.4, 0.5) is 8.78 Å². The smallest absolute Gasteiger partial charge is 0.159 e. The SMILES string of the molecule is CCC[Si]1CCC(c2ccc(CCc3ccc(-c4ccc(F)c(F)c4)cc3)cc2)CC1. The van der Waals surface area contributed by atoms with E-state index < -0.39 is 11.6 Å². The predicted octanol–water partition coefficient (Wildman–Crippen LogP) is 8.20. The van der Waals surface area contributed by atoms with Crippen molar-refractivity contribution in [3.63, 3.8) is 0 Å². The molecule has 0 bridgehead atoms. The minimum atomic E-state index is -0.808. The van der Waals surface area contributed by atoms with Gasteiger partial charge in [0, 0.05) is 8.80 Å². The molecule has 0 N–H and O–H groups in total. The molecule has 3 aromatic carbocycles. The zero-order valence-corrected chi connectivity index (χ0v) is 19.3. The fraction of sp³-hybridized carbons (Fsp3) is 0.357. The average Bonchev–Trinajstić information content (AvgIpc) is 2.81. The Morgan fingerprint density at radius 2 is 1.32 bits per heavy atom. The van der Waals surface area contributed by atoms with Gasteiger partial charge in [0.25, 0.3) is 0 Å². The van der Waals surface area contributed by atoms with Crippen LogP contribution in [-0.2, 0) is 12.8 Å². The molecular formula is C28H31F2Si. The maximum atomic E-state index is 13.5. The Kier molecular flexibility index (Phi) is 7.34. The molecule has 0 aliphatic carbocycles. The van der Waals surface area contributed by atoms with Gasteiger partial charge >= 0.3 is 0 Å². The number of rotatable bonds is 7. The lowest BCUT2D eigenvalue weighted by molar-refractivity contribution is 0.509. The summed E-state index contributed by atoms with van der Waals surface area (Å²) in [7, 11) is -0.0453. The monoisotopic (exact) mass is 433 g/mol. The van der Waals surface area contributed by atoms with Gasteiger partial charge in [0.05, 0.1) is 0 Å². The largest absolute Gasteiger partial charge is 0.204 e. The molecule has 1 heterocycles. The summed E-state index contributed by atoms with van der Waals surface area (Å²) in [6.07, 6.45) is 6.12. The fourth-order valence-electron chi connectivity index (χ4n) is 4.75. The van der Waals surface area contributed by atoms with Crippen molar-refractivity contribution >= 4 is 8.80 Å². The van der Waals surface area contributed by atoms with Gasteiger partial charge < -0.3 is 0 Å². The van der Waals surface area contributed by atoms with Crippen molar-refractivity contribution in [1.29, 1.82) is 0 Å². The van der Waals surface area contributed by atoms with E-state index in [2.05, 4.69) is 43.3 Å². The predicted molar refractivity (Wildman–Crippen MR) is 128 cm³/mol. The highest BCUT2D eigenvalue weighted by Gasteiger charge is 2.22. The first-order chi connectivity index (χ1) is 15.1. The van der Waals surface area contributed by atoms with Crippen LogP contribution in [0, 0.1) is 11.6 Å². The van der Waals surface area contributed by atoms with Gasteiger partial charge in [0.15, 0.2) is 11.6 Å². The van der Waals surface area contributed by atoms with E-state index in [0.29, 0.717) is 5.56 Å². The standard InChI is InChI=1S/C28H31F2Si/c1-2-17-31-18-15-25(16-19-31)23-9-5-21(6-10-23)3-4-22-7-11-24(12-8-22)26-13-14-27(29)28(30)20-26/h5-14,20,25H,2-4,15-19H2,1H3. The molecule has 1 fully saturated rings. The van der Waals surface area contributed by atoms with Crippen LogP contribution in [0.5, 0.6) is 0 Å². The van der Waals surface area contributed by atoms with Crippen molar-refractivity contribution in [3.8, 4) is 11.1 Å². The van der Waals surface area contributed by atoms with Crippen LogP contribution in [0.3, 0.4) is 0 Å².